The Balaban J connectivity index is 1.23. The van der Waals surface area contributed by atoms with E-state index in [9.17, 15) is 23.1 Å². The molecule has 3 heterocycles. The second-order valence-corrected chi connectivity index (χ2v) is 15.5. The van der Waals surface area contributed by atoms with Gasteiger partial charge in [-0.25, -0.2) is 22.1 Å². The number of sulfonamides is 1. The topological polar surface area (TPSA) is 137 Å². The van der Waals surface area contributed by atoms with E-state index < -0.39 is 21.3 Å². The highest BCUT2D eigenvalue weighted by molar-refractivity contribution is 7.89. The molecule has 2 aliphatic heterocycles. The summed E-state index contributed by atoms with van der Waals surface area (Å²) in [4.78, 5) is 32.5. The molecule has 0 radical (unpaired) electrons. The molecule has 1 saturated carbocycles. The van der Waals surface area contributed by atoms with Crippen LogP contribution in [0.2, 0.25) is 0 Å². The maximum Gasteiger partial charge on any atom is 0.333 e. The summed E-state index contributed by atoms with van der Waals surface area (Å²) in [5.41, 5.74) is 1.21. The number of rotatable bonds is 6. The Morgan fingerprint density at radius 1 is 1.07 bits per heavy atom. The van der Waals surface area contributed by atoms with Crippen LogP contribution in [0.4, 0.5) is 0 Å². The number of hydrogen-bond donors (Lipinski definition) is 3. The van der Waals surface area contributed by atoms with Crippen LogP contribution in [0, 0.1) is 23.7 Å². The molecular formula is C29H41N5O5S. The summed E-state index contributed by atoms with van der Waals surface area (Å²) < 4.78 is 29.2. The van der Waals surface area contributed by atoms with Crippen LogP contribution in [0.15, 0.2) is 34.2 Å². The Hall–Kier alpha value is -2.92. The number of aromatic nitrogens is 2. The minimum Gasteiger partial charge on any atom is -0.493 e. The van der Waals surface area contributed by atoms with Crippen LogP contribution in [0.5, 0.6) is 5.88 Å². The van der Waals surface area contributed by atoms with E-state index in [1.165, 1.54) is 10.5 Å². The third kappa shape index (κ3) is 5.50. The number of aromatic amines is 1. The SMILES string of the molecule is Cc1cc(-n2c(O)c[nH]c2=O)ccc1CCS(=O)(=O)N1CCC2(CC1)N=C(C1CC(C)(C)CC(C)(C)C1)NC2=O. The van der Waals surface area contributed by atoms with Crippen LogP contribution < -0.4 is 11.0 Å². The van der Waals surface area contributed by atoms with Crippen LogP contribution in [-0.2, 0) is 21.2 Å². The van der Waals surface area contributed by atoms with Gasteiger partial charge in [0.05, 0.1) is 17.6 Å². The lowest BCUT2D eigenvalue weighted by Gasteiger charge is -2.44. The zero-order valence-electron chi connectivity index (χ0n) is 24.1. The molecule has 5 rings (SSSR count). The minimum atomic E-state index is -3.54. The fourth-order valence-corrected chi connectivity index (χ4v) is 8.80. The van der Waals surface area contributed by atoms with Gasteiger partial charge in [-0.3, -0.25) is 9.79 Å². The number of carbonyl (C=O) groups excluding carboxylic acids is 1. The molecule has 1 aliphatic carbocycles. The van der Waals surface area contributed by atoms with Crippen molar-refractivity contribution in [3.8, 4) is 11.6 Å². The summed E-state index contributed by atoms with van der Waals surface area (Å²) in [6.45, 7) is 11.5. The highest BCUT2D eigenvalue weighted by Crippen LogP contribution is 2.49. The van der Waals surface area contributed by atoms with Gasteiger partial charge in [-0.2, -0.15) is 0 Å². The normalized spacial score (nSPS) is 22.8. The number of hydrogen-bond acceptors (Lipinski definition) is 6. The van der Waals surface area contributed by atoms with Crippen molar-refractivity contribution >= 4 is 21.8 Å². The van der Waals surface area contributed by atoms with Gasteiger partial charge < -0.3 is 15.4 Å². The molecule has 1 aromatic heterocycles. The monoisotopic (exact) mass is 571 g/mol. The van der Waals surface area contributed by atoms with E-state index >= 15 is 0 Å². The second-order valence-electron chi connectivity index (χ2n) is 13.5. The van der Waals surface area contributed by atoms with Gasteiger partial charge >= 0.3 is 5.69 Å². The Bertz CT molecular complexity index is 1490. The molecule has 2 aromatic rings. The standard InChI is InChI=1S/C29H41N5O5S/c1-19-14-22(34-23(35)17-30-26(34)37)7-6-20(19)8-13-40(38,39)33-11-9-29(10-12-33)25(36)31-24(32-29)21-15-27(2,3)18-28(4,5)16-21/h6-7,14,17,21,35H,8-13,15-16,18H2,1-5H3,(H,30,37)(H,31,32,36). The average Bonchev–Trinajstić information content (AvgIpc) is 3.35. The zero-order valence-corrected chi connectivity index (χ0v) is 24.9. The maximum absolute atomic E-state index is 13.3. The van der Waals surface area contributed by atoms with E-state index in [2.05, 4.69) is 38.0 Å². The molecule has 218 valence electrons. The summed E-state index contributed by atoms with van der Waals surface area (Å²) in [5.74, 6) is 0.655. The van der Waals surface area contributed by atoms with E-state index in [0.29, 0.717) is 24.9 Å². The van der Waals surface area contributed by atoms with Gasteiger partial charge in [-0.15, -0.1) is 0 Å². The van der Waals surface area contributed by atoms with Gasteiger partial charge in [0.2, 0.25) is 15.9 Å². The van der Waals surface area contributed by atoms with Gasteiger partial charge in [0.1, 0.15) is 11.4 Å². The van der Waals surface area contributed by atoms with E-state index in [1.54, 1.807) is 18.2 Å². The van der Waals surface area contributed by atoms with Crippen molar-refractivity contribution < 1.29 is 18.3 Å². The van der Waals surface area contributed by atoms with Gasteiger partial charge in [-0.05, 0) is 79.5 Å². The Morgan fingerprint density at radius 3 is 2.30 bits per heavy atom. The number of H-pyrrole nitrogens is 1. The summed E-state index contributed by atoms with van der Waals surface area (Å²) in [6, 6.07) is 5.24. The van der Waals surface area contributed by atoms with E-state index in [4.69, 9.17) is 4.99 Å². The van der Waals surface area contributed by atoms with Crippen molar-refractivity contribution in [3.63, 3.8) is 0 Å². The zero-order chi connectivity index (χ0) is 29.1. The highest BCUT2D eigenvalue weighted by Gasteiger charge is 2.50. The Labute approximate surface area is 235 Å². The average molecular weight is 572 g/mol. The number of amidine groups is 1. The predicted octanol–water partition coefficient (Wildman–Crippen LogP) is 3.27. The number of aromatic hydroxyl groups is 1. The number of nitrogens with zero attached hydrogens (tertiary/aromatic N) is 3. The molecule has 0 unspecified atom stereocenters. The molecule has 0 bridgehead atoms. The second kappa shape index (κ2) is 9.87. The van der Waals surface area contributed by atoms with Crippen molar-refractivity contribution in [2.24, 2.45) is 21.7 Å². The number of piperidine rings is 1. The van der Waals surface area contributed by atoms with Crippen LogP contribution in [-0.4, -0.2) is 63.5 Å². The molecule has 3 aliphatic rings. The van der Waals surface area contributed by atoms with E-state index in [0.717, 1.165) is 40.8 Å². The molecule has 1 saturated heterocycles. The molecule has 0 atom stereocenters. The third-order valence-corrected chi connectivity index (χ3v) is 10.7. The van der Waals surface area contributed by atoms with Gasteiger partial charge in [0, 0.05) is 19.0 Å². The van der Waals surface area contributed by atoms with Crippen LogP contribution >= 0.6 is 0 Å². The third-order valence-electron chi connectivity index (χ3n) is 8.85. The minimum absolute atomic E-state index is 0.0531. The lowest BCUT2D eigenvalue weighted by atomic mass is 9.61. The molecule has 10 nitrogen and oxygen atoms in total. The quantitative estimate of drug-likeness (QED) is 0.489. The van der Waals surface area contributed by atoms with E-state index in [1.807, 2.05) is 6.92 Å². The first-order valence-electron chi connectivity index (χ1n) is 14.1. The molecule has 3 N–H and O–H groups in total. The fourth-order valence-electron chi connectivity index (χ4n) is 7.32. The van der Waals surface area contributed by atoms with Crippen molar-refractivity contribution in [2.45, 2.75) is 78.7 Å². The Kier molecular flexibility index (Phi) is 7.06. The number of aliphatic imine (C=N–C) groups is 1. The van der Waals surface area contributed by atoms with Crippen molar-refractivity contribution in [2.75, 3.05) is 18.8 Å². The summed E-state index contributed by atoms with van der Waals surface area (Å²) >= 11 is 0. The first kappa shape index (κ1) is 28.6. The maximum atomic E-state index is 13.3. The lowest BCUT2D eigenvalue weighted by molar-refractivity contribution is -0.125. The first-order chi connectivity index (χ1) is 18.6. The van der Waals surface area contributed by atoms with Gasteiger partial charge in [-0.1, -0.05) is 33.8 Å². The van der Waals surface area contributed by atoms with Gasteiger partial charge in [0.25, 0.3) is 5.91 Å². The fraction of sp³-hybridized carbons (Fsp3) is 0.621. The molecule has 1 amide bonds. The number of nitrogens with one attached hydrogen (secondary N) is 2. The predicted molar refractivity (Wildman–Crippen MR) is 154 cm³/mol. The summed E-state index contributed by atoms with van der Waals surface area (Å²) in [5, 5.41) is 13.0. The smallest absolute Gasteiger partial charge is 0.333 e. The lowest BCUT2D eigenvalue weighted by Crippen LogP contribution is -2.51. The first-order valence-corrected chi connectivity index (χ1v) is 15.7. The van der Waals surface area contributed by atoms with Crippen LogP contribution in [0.3, 0.4) is 0 Å². The molecule has 1 spiro atoms. The largest absolute Gasteiger partial charge is 0.493 e. The molecule has 40 heavy (non-hydrogen) atoms. The van der Waals surface area contributed by atoms with Crippen molar-refractivity contribution in [3.05, 3.63) is 46.0 Å². The summed E-state index contributed by atoms with van der Waals surface area (Å²) in [7, 11) is -3.54. The van der Waals surface area contributed by atoms with E-state index in [-0.39, 0.29) is 47.4 Å². The molecular weight excluding hydrogens is 530 g/mol. The number of benzene rings is 1. The van der Waals surface area contributed by atoms with Gasteiger partial charge in [0.15, 0.2) is 0 Å². The molecule has 11 heteroatoms. The Morgan fingerprint density at radius 2 is 1.73 bits per heavy atom. The van der Waals surface area contributed by atoms with Crippen molar-refractivity contribution in [1.82, 2.24) is 19.2 Å². The summed E-state index contributed by atoms with van der Waals surface area (Å²) in [6.07, 6.45) is 5.40. The number of carbonyl (C=O) groups is 1. The number of imidazole rings is 1. The highest BCUT2D eigenvalue weighted by atomic mass is 32.2. The number of aryl methyl sites for hydroxylation is 2. The van der Waals surface area contributed by atoms with Crippen molar-refractivity contribution in [1.29, 1.82) is 0 Å². The van der Waals surface area contributed by atoms with Crippen LogP contribution in [0.25, 0.3) is 5.69 Å². The molecule has 2 fully saturated rings. The van der Waals surface area contributed by atoms with Crippen LogP contribution in [0.1, 0.15) is 70.9 Å². The molecule has 1 aromatic carbocycles. The number of amides is 1.